The molecule has 18 heavy (non-hydrogen) atoms. The standard InChI is InChI=1S/C13H16FNO2S/c1-9-12(6-7-17-9)18-8-13(16)15-11-5-3-2-4-10(11)14/h2-5,9,12H,6-8H2,1H3,(H,15,16). The van der Waals surface area contributed by atoms with E-state index in [1.165, 1.54) is 6.07 Å². The zero-order chi connectivity index (χ0) is 13.0. The van der Waals surface area contributed by atoms with Gasteiger partial charge in [0.05, 0.1) is 17.5 Å². The summed E-state index contributed by atoms with van der Waals surface area (Å²) in [6.07, 6.45) is 1.16. The van der Waals surface area contributed by atoms with E-state index < -0.39 is 5.82 Å². The molecule has 0 aromatic heterocycles. The molecule has 1 aliphatic heterocycles. The van der Waals surface area contributed by atoms with Crippen molar-refractivity contribution >= 4 is 23.4 Å². The van der Waals surface area contributed by atoms with E-state index in [0.29, 0.717) is 11.0 Å². The predicted molar refractivity (Wildman–Crippen MR) is 71.3 cm³/mol. The molecular formula is C13H16FNO2S. The maximum atomic E-state index is 13.3. The number of ether oxygens (including phenoxy) is 1. The average molecular weight is 269 g/mol. The molecule has 1 saturated heterocycles. The van der Waals surface area contributed by atoms with E-state index in [4.69, 9.17) is 4.74 Å². The van der Waals surface area contributed by atoms with Crippen LogP contribution >= 0.6 is 11.8 Å². The highest BCUT2D eigenvalue weighted by Crippen LogP contribution is 2.26. The topological polar surface area (TPSA) is 38.3 Å². The molecule has 1 N–H and O–H groups in total. The highest BCUT2D eigenvalue weighted by atomic mass is 32.2. The van der Waals surface area contributed by atoms with Gasteiger partial charge in [-0.3, -0.25) is 4.79 Å². The fourth-order valence-corrected chi connectivity index (χ4v) is 2.91. The summed E-state index contributed by atoms with van der Waals surface area (Å²) in [6, 6.07) is 6.17. The van der Waals surface area contributed by atoms with Gasteiger partial charge in [-0.2, -0.15) is 0 Å². The van der Waals surface area contributed by atoms with Crippen molar-refractivity contribution in [1.82, 2.24) is 0 Å². The van der Waals surface area contributed by atoms with Gasteiger partial charge in [-0.05, 0) is 25.5 Å². The summed E-state index contributed by atoms with van der Waals surface area (Å²) < 4.78 is 18.7. The van der Waals surface area contributed by atoms with Gasteiger partial charge < -0.3 is 10.1 Å². The second-order valence-electron chi connectivity index (χ2n) is 4.24. The first kappa shape index (κ1) is 13.4. The van der Waals surface area contributed by atoms with Gasteiger partial charge in [0, 0.05) is 11.9 Å². The quantitative estimate of drug-likeness (QED) is 0.913. The third-order valence-electron chi connectivity index (χ3n) is 2.88. The summed E-state index contributed by atoms with van der Waals surface area (Å²) in [6.45, 7) is 2.77. The van der Waals surface area contributed by atoms with E-state index in [2.05, 4.69) is 5.32 Å². The van der Waals surface area contributed by atoms with Crippen molar-refractivity contribution < 1.29 is 13.9 Å². The maximum absolute atomic E-state index is 13.3. The number of anilines is 1. The Labute approximate surface area is 110 Å². The molecule has 2 atom stereocenters. The molecule has 1 amide bonds. The van der Waals surface area contributed by atoms with Crippen molar-refractivity contribution in [1.29, 1.82) is 0 Å². The molecule has 2 unspecified atom stereocenters. The Morgan fingerprint density at radius 2 is 2.33 bits per heavy atom. The summed E-state index contributed by atoms with van der Waals surface area (Å²) in [7, 11) is 0. The molecule has 1 aromatic carbocycles. The molecule has 0 spiro atoms. The van der Waals surface area contributed by atoms with Crippen molar-refractivity contribution in [3.63, 3.8) is 0 Å². The average Bonchev–Trinajstić information content (AvgIpc) is 2.75. The van der Waals surface area contributed by atoms with Gasteiger partial charge >= 0.3 is 0 Å². The van der Waals surface area contributed by atoms with E-state index >= 15 is 0 Å². The van der Waals surface area contributed by atoms with Crippen LogP contribution in [0, 0.1) is 5.82 Å². The third-order valence-corrected chi connectivity index (χ3v) is 4.36. The second-order valence-corrected chi connectivity index (χ2v) is 5.47. The minimum atomic E-state index is -0.409. The second kappa shape index (κ2) is 6.20. The van der Waals surface area contributed by atoms with Gasteiger partial charge in [0.25, 0.3) is 0 Å². The Morgan fingerprint density at radius 3 is 3.00 bits per heavy atom. The van der Waals surface area contributed by atoms with Crippen LogP contribution in [0.15, 0.2) is 24.3 Å². The lowest BCUT2D eigenvalue weighted by molar-refractivity contribution is -0.113. The molecule has 0 saturated carbocycles. The molecule has 5 heteroatoms. The van der Waals surface area contributed by atoms with E-state index in [1.807, 2.05) is 6.92 Å². The summed E-state index contributed by atoms with van der Waals surface area (Å²) in [5.41, 5.74) is 0.235. The Hall–Kier alpha value is -1.07. The number of carbonyl (C=O) groups is 1. The fraction of sp³-hybridized carbons (Fsp3) is 0.462. The Morgan fingerprint density at radius 1 is 1.56 bits per heavy atom. The molecule has 0 bridgehead atoms. The summed E-state index contributed by atoms with van der Waals surface area (Å²) in [5.74, 6) is -0.259. The first-order valence-corrected chi connectivity index (χ1v) is 6.99. The molecule has 3 nitrogen and oxygen atoms in total. The molecule has 2 rings (SSSR count). The molecule has 1 aromatic rings. The van der Waals surface area contributed by atoms with Crippen LogP contribution in [0.1, 0.15) is 13.3 Å². The number of rotatable bonds is 4. The lowest BCUT2D eigenvalue weighted by atomic mass is 10.3. The van der Waals surface area contributed by atoms with Gasteiger partial charge in [0.2, 0.25) is 5.91 Å². The minimum Gasteiger partial charge on any atom is -0.377 e. The first-order valence-electron chi connectivity index (χ1n) is 5.94. The fourth-order valence-electron chi connectivity index (χ4n) is 1.86. The Bertz CT molecular complexity index is 427. The highest BCUT2D eigenvalue weighted by molar-refractivity contribution is 8.00. The van der Waals surface area contributed by atoms with Crippen molar-refractivity contribution in [3.05, 3.63) is 30.1 Å². The van der Waals surface area contributed by atoms with Crippen LogP contribution in [0.5, 0.6) is 0 Å². The van der Waals surface area contributed by atoms with Crippen molar-refractivity contribution in [2.45, 2.75) is 24.7 Å². The maximum Gasteiger partial charge on any atom is 0.234 e. The summed E-state index contributed by atoms with van der Waals surface area (Å²) >= 11 is 1.57. The van der Waals surface area contributed by atoms with Crippen molar-refractivity contribution in [2.75, 3.05) is 17.7 Å². The largest absolute Gasteiger partial charge is 0.377 e. The van der Waals surface area contributed by atoms with Gasteiger partial charge in [-0.15, -0.1) is 11.8 Å². The Balaban J connectivity index is 1.80. The number of carbonyl (C=O) groups excluding carboxylic acids is 1. The van der Waals surface area contributed by atoms with Gasteiger partial charge in [0.1, 0.15) is 5.82 Å². The van der Waals surface area contributed by atoms with Gasteiger partial charge in [0.15, 0.2) is 0 Å². The zero-order valence-corrected chi connectivity index (χ0v) is 11.0. The summed E-state index contributed by atoms with van der Waals surface area (Å²) in [5, 5.41) is 2.93. The molecular weight excluding hydrogens is 253 g/mol. The number of hydrogen-bond acceptors (Lipinski definition) is 3. The molecule has 1 heterocycles. The lowest BCUT2D eigenvalue weighted by Crippen LogP contribution is -2.20. The number of benzene rings is 1. The smallest absolute Gasteiger partial charge is 0.234 e. The van der Waals surface area contributed by atoms with Gasteiger partial charge in [-0.1, -0.05) is 12.1 Å². The third kappa shape index (κ3) is 3.46. The number of halogens is 1. The SMILES string of the molecule is CC1OCCC1SCC(=O)Nc1ccccc1F. The zero-order valence-electron chi connectivity index (χ0n) is 10.2. The van der Waals surface area contributed by atoms with E-state index in [1.54, 1.807) is 30.0 Å². The molecule has 98 valence electrons. The number of thioether (sulfide) groups is 1. The number of amides is 1. The normalized spacial score (nSPS) is 23.0. The summed E-state index contributed by atoms with van der Waals surface area (Å²) in [4.78, 5) is 11.7. The molecule has 0 radical (unpaired) electrons. The minimum absolute atomic E-state index is 0.177. The number of nitrogens with one attached hydrogen (secondary N) is 1. The van der Waals surface area contributed by atoms with Crippen LogP contribution in [0.2, 0.25) is 0 Å². The van der Waals surface area contributed by atoms with Crippen LogP contribution in [-0.2, 0) is 9.53 Å². The molecule has 1 aliphatic rings. The van der Waals surface area contributed by atoms with E-state index in [9.17, 15) is 9.18 Å². The van der Waals surface area contributed by atoms with Crippen LogP contribution in [0.4, 0.5) is 10.1 Å². The Kier molecular flexibility index (Phi) is 4.60. The molecule has 0 aliphatic carbocycles. The predicted octanol–water partition coefficient (Wildman–Crippen LogP) is 2.67. The lowest BCUT2D eigenvalue weighted by Gasteiger charge is -2.13. The molecule has 1 fully saturated rings. The van der Waals surface area contributed by atoms with Crippen LogP contribution < -0.4 is 5.32 Å². The van der Waals surface area contributed by atoms with Crippen molar-refractivity contribution in [2.24, 2.45) is 0 Å². The first-order chi connectivity index (χ1) is 8.66. The number of para-hydroxylation sites is 1. The van der Waals surface area contributed by atoms with Crippen LogP contribution in [-0.4, -0.2) is 29.6 Å². The van der Waals surface area contributed by atoms with Gasteiger partial charge in [-0.25, -0.2) is 4.39 Å². The van der Waals surface area contributed by atoms with Crippen LogP contribution in [0.3, 0.4) is 0 Å². The highest BCUT2D eigenvalue weighted by Gasteiger charge is 2.25. The monoisotopic (exact) mass is 269 g/mol. The van der Waals surface area contributed by atoms with E-state index in [0.717, 1.165) is 13.0 Å². The van der Waals surface area contributed by atoms with Crippen LogP contribution in [0.25, 0.3) is 0 Å². The van der Waals surface area contributed by atoms with Crippen molar-refractivity contribution in [3.8, 4) is 0 Å². The number of hydrogen-bond donors (Lipinski definition) is 1. The van der Waals surface area contributed by atoms with E-state index in [-0.39, 0.29) is 17.7 Å².